The Hall–Kier alpha value is 3.26. The minimum absolute atomic E-state index is 0.0445. The van der Waals surface area contributed by atoms with Gasteiger partial charge in [-0.25, -0.2) is 0 Å². The molecule has 1 atom stereocenters. The van der Waals surface area contributed by atoms with Crippen LogP contribution in [0.3, 0.4) is 0 Å². The van der Waals surface area contributed by atoms with Gasteiger partial charge in [-0.2, -0.15) is 0 Å². The molecule has 0 aliphatic heterocycles. The minimum Gasteiger partial charge on any atom is -0.145 e. The predicted molar refractivity (Wildman–Crippen MR) is 78.5 cm³/mol. The maximum absolute atomic E-state index is 5.99. The Kier molecular flexibility index (Phi) is 7.32. The summed E-state index contributed by atoms with van der Waals surface area (Å²) >= 11 is 51.9. The number of halogens is 9. The van der Waals surface area contributed by atoms with Gasteiger partial charge in [0.05, 0.1) is 4.62 Å². The molecule has 0 fully saturated rings. The molecule has 0 aromatic rings. The summed E-state index contributed by atoms with van der Waals surface area (Å²) in [5, 5.41) is 0. The van der Waals surface area contributed by atoms with Gasteiger partial charge in [-0.1, -0.05) is 0 Å². The van der Waals surface area contributed by atoms with Gasteiger partial charge >= 0.3 is 12.0 Å². The Balaban J connectivity index is 4.63. The third kappa shape index (κ3) is 6.87. The molecule has 0 aromatic carbocycles. The smallest absolute Gasteiger partial charge is 0.145 e. The van der Waals surface area contributed by atoms with Gasteiger partial charge in [0.15, 0.2) is 0 Å². The number of hydrogen-bond donors (Lipinski definition) is 0. The number of rotatable bonds is 4. The number of alkyl halides is 1. The van der Waals surface area contributed by atoms with E-state index in [4.69, 9.17) is 100 Å². The van der Waals surface area contributed by atoms with E-state index in [-0.39, 0.29) is 5.67 Å². The van der Waals surface area contributed by atoms with Gasteiger partial charge in [0.2, 0.25) is 0 Å². The Labute approximate surface area is 128 Å². The van der Waals surface area contributed by atoms with E-state index < -0.39 is 23.3 Å². The van der Waals surface area contributed by atoms with E-state index in [0.29, 0.717) is 0 Å². The van der Waals surface area contributed by atoms with E-state index in [1.54, 1.807) is 0 Å². The highest BCUT2D eigenvalue weighted by Crippen LogP contribution is 2.44. The Morgan fingerprint density at radius 2 is 1.14 bits per heavy atom. The second-order valence-corrected chi connectivity index (χ2v) is 29.9. The lowest BCUT2D eigenvalue weighted by Gasteiger charge is -2.27. The molecule has 0 N–H and O–H groups in total. The third-order valence-corrected chi connectivity index (χ3v) is 24.5. The maximum Gasteiger partial charge on any atom is 0.358 e. The van der Waals surface area contributed by atoms with Crippen LogP contribution in [0.15, 0.2) is 0 Å². The first kappa shape index (κ1) is 17.3. The molecule has 0 saturated heterocycles. The summed E-state index contributed by atoms with van der Waals surface area (Å²) in [5.41, 5.74) is 0.0445. The van der Waals surface area contributed by atoms with Gasteiger partial charge in [-0.3, -0.25) is 0 Å². The van der Waals surface area contributed by atoms with Crippen molar-refractivity contribution in [1.82, 2.24) is 0 Å². The molecule has 0 aliphatic carbocycles. The highest BCUT2D eigenvalue weighted by Gasteiger charge is 2.54. The van der Waals surface area contributed by atoms with E-state index in [0.717, 1.165) is 0 Å². The quantitative estimate of drug-likeness (QED) is 0.317. The van der Waals surface area contributed by atoms with E-state index >= 15 is 0 Å². The largest absolute Gasteiger partial charge is 0.358 e. The van der Waals surface area contributed by atoms with Crippen LogP contribution >= 0.6 is 100 Å². The Morgan fingerprint density at radius 3 is 1.36 bits per heavy atom. The van der Waals surface area contributed by atoms with E-state index in [1.807, 2.05) is 0 Å². The van der Waals surface area contributed by atoms with Gasteiger partial charge in [0.25, 0.3) is 6.69 Å². The lowest BCUT2D eigenvalue weighted by atomic mass is 11.8. The fourth-order valence-electron chi connectivity index (χ4n) is 0.596. The molecule has 0 heterocycles. The van der Waals surface area contributed by atoms with Crippen LogP contribution in [-0.4, -0.2) is 23.3 Å². The summed E-state index contributed by atoms with van der Waals surface area (Å²) < 4.78 is -0.897. The second kappa shape index (κ2) is 5.93. The monoisotopic (exact) mass is 426 g/mol. The van der Waals surface area contributed by atoms with Crippen molar-refractivity contribution < 1.29 is 0 Å². The summed E-state index contributed by atoms with van der Waals surface area (Å²) in [7, 11) is 0. The molecule has 0 nitrogen and oxygen atoms in total. The van der Waals surface area contributed by atoms with Crippen molar-refractivity contribution in [2.75, 3.05) is 0 Å². The molecule has 0 aliphatic rings. The van der Waals surface area contributed by atoms with Crippen LogP contribution in [0.1, 0.15) is 0 Å². The minimum atomic E-state index is -3.17. The standard InChI is InChI=1S/C2H3Cl9Si3/c3-2(14(9,10)11)12(4,5)1-13(6,7)8/h2H,1H2. The van der Waals surface area contributed by atoms with E-state index in [2.05, 4.69) is 0 Å². The fraction of sp³-hybridized carbons (Fsp3) is 1.00. The molecule has 1 unspecified atom stereocenters. The van der Waals surface area contributed by atoms with Crippen molar-refractivity contribution in [3.8, 4) is 0 Å². The number of hydrogen-bond acceptors (Lipinski definition) is 0. The molecule has 0 aromatic heterocycles. The average molecular weight is 430 g/mol. The van der Waals surface area contributed by atoms with Crippen LogP contribution in [0, 0.1) is 0 Å². The molecular weight excluding hydrogens is 427 g/mol. The highest BCUT2D eigenvalue weighted by molar-refractivity contribution is 7.75. The topological polar surface area (TPSA) is 0 Å². The maximum atomic E-state index is 5.99. The Morgan fingerprint density at radius 1 is 0.786 bits per heavy atom. The molecule has 0 saturated carbocycles. The molecule has 0 bridgehead atoms. The van der Waals surface area contributed by atoms with Crippen LogP contribution < -0.4 is 0 Å². The first-order chi connectivity index (χ1) is 5.86. The molecule has 12 heteroatoms. The summed E-state index contributed by atoms with van der Waals surface area (Å²) in [6.45, 7) is -3.04. The van der Waals surface area contributed by atoms with Crippen LogP contribution in [0.5, 0.6) is 0 Å². The third-order valence-electron chi connectivity index (χ3n) is 1.09. The van der Waals surface area contributed by atoms with Crippen LogP contribution in [0.4, 0.5) is 0 Å². The summed E-state index contributed by atoms with van der Waals surface area (Å²) in [4.78, 5) is 0. The molecule has 14 heavy (non-hydrogen) atoms. The lowest BCUT2D eigenvalue weighted by Crippen LogP contribution is -2.48. The van der Waals surface area contributed by atoms with Crippen molar-refractivity contribution in [3.63, 3.8) is 0 Å². The van der Waals surface area contributed by atoms with Gasteiger partial charge in [-0.15, -0.1) is 100 Å². The molecule has 0 radical (unpaired) electrons. The zero-order valence-electron chi connectivity index (χ0n) is 6.19. The zero-order chi connectivity index (χ0) is 11.8. The van der Waals surface area contributed by atoms with Crippen molar-refractivity contribution >= 4 is 119 Å². The molecular formula is C2H3Cl9Si3. The van der Waals surface area contributed by atoms with Crippen molar-refractivity contribution in [2.24, 2.45) is 0 Å². The van der Waals surface area contributed by atoms with Gasteiger partial charge in [-0.05, 0) is 0 Å². The van der Waals surface area contributed by atoms with Gasteiger partial charge < -0.3 is 0 Å². The van der Waals surface area contributed by atoms with E-state index in [1.165, 1.54) is 0 Å². The Bertz CT molecular complexity index is 191. The van der Waals surface area contributed by atoms with Gasteiger partial charge in [0, 0.05) is 5.67 Å². The fourth-order valence-corrected chi connectivity index (χ4v) is 31.0. The summed E-state index contributed by atoms with van der Waals surface area (Å²) in [6.07, 6.45) is 0. The molecule has 0 spiro atoms. The summed E-state index contributed by atoms with van der Waals surface area (Å²) in [6, 6.07) is -6.13. The van der Waals surface area contributed by atoms with Gasteiger partial charge in [0.1, 0.15) is 0 Å². The SMILES string of the molecule is ClC([Si](Cl)(Cl)Cl)[Si](Cl)(Cl)C[Si](Cl)(Cl)Cl. The van der Waals surface area contributed by atoms with Crippen LogP contribution in [-0.2, 0) is 0 Å². The second-order valence-electron chi connectivity index (χ2n) is 2.46. The molecule has 86 valence electrons. The predicted octanol–water partition coefficient (Wildman–Crippen LogP) is 5.44. The molecule has 0 rings (SSSR count). The van der Waals surface area contributed by atoms with Crippen molar-refractivity contribution in [1.29, 1.82) is 0 Å². The normalized spacial score (nSPS) is 16.9. The van der Waals surface area contributed by atoms with Crippen LogP contribution in [0.2, 0.25) is 5.67 Å². The zero-order valence-corrected chi connectivity index (χ0v) is 16.0. The van der Waals surface area contributed by atoms with Crippen LogP contribution in [0.25, 0.3) is 0 Å². The van der Waals surface area contributed by atoms with Crippen molar-refractivity contribution in [3.05, 3.63) is 0 Å². The first-order valence-corrected chi connectivity index (χ1v) is 18.1. The average Bonchev–Trinajstić information content (AvgIpc) is 1.78. The highest BCUT2D eigenvalue weighted by atomic mass is 35.8. The van der Waals surface area contributed by atoms with E-state index in [9.17, 15) is 0 Å². The first-order valence-electron chi connectivity index (χ1n) is 3.01. The lowest BCUT2D eigenvalue weighted by molar-refractivity contribution is 1.71. The summed E-state index contributed by atoms with van der Waals surface area (Å²) in [5.74, 6) is 0. The van der Waals surface area contributed by atoms with Crippen molar-refractivity contribution in [2.45, 2.75) is 10.3 Å². The molecule has 0 amide bonds.